The van der Waals surface area contributed by atoms with Crippen molar-refractivity contribution < 1.29 is 23.4 Å². The number of rotatable bonds is 5. The number of hydrogen-bond acceptors (Lipinski definition) is 5. The molecule has 0 saturated carbocycles. The first-order valence-corrected chi connectivity index (χ1v) is 7.45. The molecule has 1 rings (SSSR count). The molecule has 0 saturated heterocycles. The van der Waals surface area contributed by atoms with Gasteiger partial charge in [0.15, 0.2) is 5.60 Å². The number of nitrogens with one attached hydrogen (secondary N) is 1. The smallest absolute Gasteiger partial charge is 0.336 e. The first kappa shape index (κ1) is 15.4. The molecule has 0 radical (unpaired) electrons. The molecule has 18 heavy (non-hydrogen) atoms. The highest BCUT2D eigenvalue weighted by Crippen LogP contribution is 2.29. The normalized spacial score (nSPS) is 15.3. The van der Waals surface area contributed by atoms with Gasteiger partial charge in [0.25, 0.3) is 0 Å². The number of carbonyl (C=O) groups is 1. The fraction of sp³-hybridized carbons (Fsp3) is 0.444. The minimum atomic E-state index is -3.87. The van der Waals surface area contributed by atoms with Crippen LogP contribution in [0.5, 0.6) is 0 Å². The summed E-state index contributed by atoms with van der Waals surface area (Å²) in [6.45, 7) is 2.04. The predicted octanol–water partition coefficient (Wildman–Crippen LogP) is 0.824. The fourth-order valence-electron chi connectivity index (χ4n) is 0.946. The van der Waals surface area contributed by atoms with Gasteiger partial charge in [0.1, 0.15) is 4.21 Å². The monoisotopic (exact) mass is 313 g/mol. The molecule has 0 fully saturated rings. The first-order valence-electron chi connectivity index (χ1n) is 4.77. The van der Waals surface area contributed by atoms with Crippen LogP contribution in [0.3, 0.4) is 0 Å². The fourth-order valence-corrected chi connectivity index (χ4v) is 3.83. The molecular weight excluding hydrogens is 302 g/mol. The van der Waals surface area contributed by atoms with Gasteiger partial charge in [-0.3, -0.25) is 0 Å². The van der Waals surface area contributed by atoms with Crippen molar-refractivity contribution in [1.82, 2.24) is 4.72 Å². The standard InChI is InChI=1S/C9H12ClNO5S2/c1-5-3-6(17-7(5)10)18(15,16)11-4-9(2,14)8(12)13/h3,11,14H,4H2,1-2H3,(H,12,13). The van der Waals surface area contributed by atoms with E-state index in [-0.39, 0.29) is 4.21 Å². The minimum Gasteiger partial charge on any atom is -0.479 e. The molecule has 1 aromatic rings. The average Bonchev–Trinajstić information content (AvgIpc) is 2.57. The van der Waals surface area contributed by atoms with Gasteiger partial charge in [-0.25, -0.2) is 17.9 Å². The molecular formula is C9H12ClNO5S2. The number of thiophene rings is 1. The largest absolute Gasteiger partial charge is 0.479 e. The summed E-state index contributed by atoms with van der Waals surface area (Å²) in [7, 11) is -3.87. The number of aliphatic hydroxyl groups is 1. The van der Waals surface area contributed by atoms with Crippen LogP contribution in [-0.2, 0) is 14.8 Å². The van der Waals surface area contributed by atoms with Crippen LogP contribution >= 0.6 is 22.9 Å². The highest BCUT2D eigenvalue weighted by molar-refractivity contribution is 7.91. The van der Waals surface area contributed by atoms with E-state index in [0.29, 0.717) is 9.90 Å². The van der Waals surface area contributed by atoms with E-state index in [1.165, 1.54) is 6.07 Å². The van der Waals surface area contributed by atoms with Gasteiger partial charge in [0.05, 0.1) is 10.9 Å². The van der Waals surface area contributed by atoms with E-state index < -0.39 is 28.1 Å². The topological polar surface area (TPSA) is 104 Å². The van der Waals surface area contributed by atoms with Gasteiger partial charge >= 0.3 is 5.97 Å². The number of halogens is 1. The highest BCUT2D eigenvalue weighted by Gasteiger charge is 2.32. The maximum Gasteiger partial charge on any atom is 0.336 e. The molecule has 0 bridgehead atoms. The second kappa shape index (κ2) is 5.14. The lowest BCUT2D eigenvalue weighted by atomic mass is 10.1. The van der Waals surface area contributed by atoms with Crippen LogP contribution in [0.4, 0.5) is 0 Å². The van der Waals surface area contributed by atoms with E-state index in [2.05, 4.69) is 0 Å². The quantitative estimate of drug-likeness (QED) is 0.747. The third-order valence-electron chi connectivity index (χ3n) is 2.17. The Balaban J connectivity index is 2.87. The Morgan fingerprint density at radius 3 is 2.56 bits per heavy atom. The second-order valence-electron chi connectivity index (χ2n) is 3.93. The summed E-state index contributed by atoms with van der Waals surface area (Å²) in [6.07, 6.45) is 0. The molecule has 9 heteroatoms. The molecule has 102 valence electrons. The van der Waals surface area contributed by atoms with Gasteiger partial charge in [-0.15, -0.1) is 11.3 Å². The minimum absolute atomic E-state index is 0.0220. The van der Waals surface area contributed by atoms with Crippen molar-refractivity contribution in [2.24, 2.45) is 0 Å². The van der Waals surface area contributed by atoms with Gasteiger partial charge in [0.2, 0.25) is 10.0 Å². The molecule has 6 nitrogen and oxygen atoms in total. The summed E-state index contributed by atoms with van der Waals surface area (Å²) in [5, 5.41) is 18.1. The van der Waals surface area contributed by atoms with Gasteiger partial charge in [-0.05, 0) is 25.5 Å². The summed E-state index contributed by atoms with van der Waals surface area (Å²) >= 11 is 6.62. The molecule has 0 aromatic carbocycles. The maximum absolute atomic E-state index is 11.8. The Morgan fingerprint density at radius 1 is 1.61 bits per heavy atom. The van der Waals surface area contributed by atoms with Crippen LogP contribution in [0, 0.1) is 6.92 Å². The zero-order chi connectivity index (χ0) is 14.1. The molecule has 1 heterocycles. The molecule has 1 unspecified atom stereocenters. The number of aliphatic carboxylic acids is 1. The van der Waals surface area contributed by atoms with E-state index in [4.69, 9.17) is 16.7 Å². The average molecular weight is 314 g/mol. The number of hydrogen-bond donors (Lipinski definition) is 3. The van der Waals surface area contributed by atoms with Crippen molar-refractivity contribution in [3.05, 3.63) is 16.0 Å². The van der Waals surface area contributed by atoms with Crippen molar-refractivity contribution in [1.29, 1.82) is 0 Å². The third-order valence-corrected chi connectivity index (χ3v) is 5.60. The van der Waals surface area contributed by atoms with Crippen molar-refractivity contribution in [2.45, 2.75) is 23.7 Å². The highest BCUT2D eigenvalue weighted by atomic mass is 35.5. The van der Waals surface area contributed by atoms with Gasteiger partial charge in [-0.2, -0.15) is 0 Å². The Hall–Kier alpha value is -0.670. The zero-order valence-electron chi connectivity index (χ0n) is 9.60. The summed E-state index contributed by atoms with van der Waals surface area (Å²) in [4.78, 5) is 10.6. The second-order valence-corrected chi connectivity index (χ2v) is 7.57. The first-order chi connectivity index (χ1) is 8.06. The number of carboxylic acid groups (broad SMARTS) is 1. The number of aryl methyl sites for hydroxylation is 1. The van der Waals surface area contributed by atoms with Crippen LogP contribution in [0.2, 0.25) is 4.34 Å². The van der Waals surface area contributed by atoms with E-state index in [0.717, 1.165) is 18.3 Å². The number of sulfonamides is 1. The van der Waals surface area contributed by atoms with Crippen molar-refractivity contribution in [3.63, 3.8) is 0 Å². The molecule has 0 aliphatic rings. The summed E-state index contributed by atoms with van der Waals surface area (Å²) < 4.78 is 26.0. The molecule has 3 N–H and O–H groups in total. The van der Waals surface area contributed by atoms with Crippen molar-refractivity contribution in [2.75, 3.05) is 6.54 Å². The zero-order valence-corrected chi connectivity index (χ0v) is 12.0. The lowest BCUT2D eigenvalue weighted by molar-refractivity contribution is -0.155. The molecule has 0 spiro atoms. The SMILES string of the molecule is Cc1cc(S(=O)(=O)NCC(C)(O)C(=O)O)sc1Cl. The lowest BCUT2D eigenvalue weighted by Gasteiger charge is -2.17. The van der Waals surface area contributed by atoms with Crippen LogP contribution < -0.4 is 4.72 Å². The van der Waals surface area contributed by atoms with Crippen LogP contribution in [-0.4, -0.2) is 36.7 Å². The summed E-state index contributed by atoms with van der Waals surface area (Å²) in [5.41, 5.74) is -1.55. The van der Waals surface area contributed by atoms with Crippen LogP contribution in [0.1, 0.15) is 12.5 Å². The lowest BCUT2D eigenvalue weighted by Crippen LogP contribution is -2.46. The number of carboxylic acids is 1. The van der Waals surface area contributed by atoms with Gasteiger partial charge < -0.3 is 10.2 Å². The molecule has 0 amide bonds. The van der Waals surface area contributed by atoms with E-state index in [1.54, 1.807) is 6.92 Å². The predicted molar refractivity (Wildman–Crippen MR) is 67.5 cm³/mol. The maximum atomic E-state index is 11.8. The Labute approximate surface area is 113 Å². The molecule has 1 aromatic heterocycles. The molecule has 1 atom stereocenters. The van der Waals surface area contributed by atoms with E-state index in [9.17, 15) is 18.3 Å². The van der Waals surface area contributed by atoms with Crippen LogP contribution in [0.25, 0.3) is 0 Å². The summed E-state index contributed by atoms with van der Waals surface area (Å²) in [6, 6.07) is 1.38. The Kier molecular flexibility index (Phi) is 4.39. The van der Waals surface area contributed by atoms with Gasteiger partial charge in [-0.1, -0.05) is 11.6 Å². The summed E-state index contributed by atoms with van der Waals surface area (Å²) in [5.74, 6) is -1.51. The van der Waals surface area contributed by atoms with E-state index >= 15 is 0 Å². The van der Waals surface area contributed by atoms with Crippen molar-refractivity contribution in [3.8, 4) is 0 Å². The molecule has 0 aliphatic carbocycles. The Bertz CT molecular complexity index is 544. The molecule has 0 aliphatic heterocycles. The third kappa shape index (κ3) is 3.42. The Morgan fingerprint density at radius 2 is 2.17 bits per heavy atom. The van der Waals surface area contributed by atoms with Crippen molar-refractivity contribution >= 4 is 38.9 Å². The van der Waals surface area contributed by atoms with Crippen LogP contribution in [0.15, 0.2) is 10.3 Å². The van der Waals surface area contributed by atoms with E-state index in [1.807, 2.05) is 4.72 Å². The van der Waals surface area contributed by atoms with Gasteiger partial charge in [0, 0.05) is 0 Å².